The Morgan fingerprint density at radius 3 is 1.69 bits per heavy atom. The number of halogens is 6. The van der Waals surface area contributed by atoms with E-state index in [9.17, 15) is 43.5 Å². The topological polar surface area (TPSA) is 141 Å². The zero-order valence-electron chi connectivity index (χ0n) is 13.3. The Morgan fingerprint density at radius 2 is 1.31 bits per heavy atom. The third-order valence-corrected chi connectivity index (χ3v) is 6.16. The number of anilines is 2. The molecule has 2 aromatic rings. The number of non-ortho nitro benzene ring substituents is 1. The minimum absolute atomic E-state index is 0.211. The molecule has 0 fully saturated rings. The van der Waals surface area contributed by atoms with Crippen molar-refractivity contribution in [3.63, 3.8) is 0 Å². The van der Waals surface area contributed by atoms with Gasteiger partial charge in [0.25, 0.3) is 5.69 Å². The van der Waals surface area contributed by atoms with E-state index in [2.05, 4.69) is 53.1 Å². The van der Waals surface area contributed by atoms with Crippen LogP contribution < -0.4 is 5.32 Å². The van der Waals surface area contributed by atoms with Crippen LogP contribution in [0.15, 0.2) is 31.6 Å². The maximum Gasteiger partial charge on any atom is 0.418 e. The Morgan fingerprint density at radius 1 is 0.828 bits per heavy atom. The van der Waals surface area contributed by atoms with Crippen LogP contribution in [0, 0.1) is 30.3 Å². The number of nitro groups is 3. The molecule has 0 unspecified atom stereocenters. The van der Waals surface area contributed by atoms with Crippen molar-refractivity contribution in [2.45, 2.75) is 6.18 Å². The van der Waals surface area contributed by atoms with E-state index >= 15 is 0 Å². The van der Waals surface area contributed by atoms with Gasteiger partial charge in [0.15, 0.2) is 5.69 Å². The van der Waals surface area contributed by atoms with Crippen LogP contribution in [0.4, 0.5) is 41.6 Å². The van der Waals surface area contributed by atoms with Gasteiger partial charge in [-0.1, -0.05) is 15.9 Å². The third-order valence-electron chi connectivity index (χ3n) is 3.39. The van der Waals surface area contributed by atoms with Crippen LogP contribution in [0.1, 0.15) is 5.56 Å². The predicted octanol–water partition coefficient (Wildman–Crippen LogP) is 6.46. The summed E-state index contributed by atoms with van der Waals surface area (Å²) in [5.41, 5.74) is -4.97. The number of nitrogens with one attached hydrogen (secondary N) is 1. The summed E-state index contributed by atoms with van der Waals surface area (Å²) >= 11 is 8.40. The van der Waals surface area contributed by atoms with Gasteiger partial charge in [-0.25, -0.2) is 0 Å². The Balaban J connectivity index is 2.76. The van der Waals surface area contributed by atoms with Crippen LogP contribution in [0.2, 0.25) is 0 Å². The van der Waals surface area contributed by atoms with Gasteiger partial charge in [0.2, 0.25) is 0 Å². The van der Waals surface area contributed by atoms with E-state index in [1.165, 1.54) is 0 Å². The minimum atomic E-state index is -4.76. The first kappa shape index (κ1) is 23.0. The maximum absolute atomic E-state index is 13.2. The van der Waals surface area contributed by atoms with E-state index in [1.54, 1.807) is 0 Å². The zero-order valence-corrected chi connectivity index (χ0v) is 18.0. The van der Waals surface area contributed by atoms with Crippen molar-refractivity contribution in [2.24, 2.45) is 0 Å². The van der Waals surface area contributed by atoms with Crippen LogP contribution in [-0.4, -0.2) is 14.8 Å². The van der Waals surface area contributed by atoms with Gasteiger partial charge in [0.1, 0.15) is 0 Å². The zero-order chi connectivity index (χ0) is 22.3. The Hall–Kier alpha value is -2.33. The monoisotopic (exact) mass is 606 g/mol. The van der Waals surface area contributed by atoms with Gasteiger partial charge in [0, 0.05) is 8.95 Å². The largest absolute Gasteiger partial charge is 0.418 e. The summed E-state index contributed by atoms with van der Waals surface area (Å²) < 4.78 is 38.3. The molecule has 0 spiro atoms. The smallest absolute Gasteiger partial charge is 0.343 e. The molecule has 1 N–H and O–H groups in total. The molecule has 0 saturated carbocycles. The molecule has 0 saturated heterocycles. The lowest BCUT2D eigenvalue weighted by Crippen LogP contribution is -2.09. The number of benzene rings is 2. The first-order valence-electron chi connectivity index (χ1n) is 6.88. The van der Waals surface area contributed by atoms with Gasteiger partial charge < -0.3 is 5.32 Å². The Kier molecular flexibility index (Phi) is 6.48. The van der Waals surface area contributed by atoms with Crippen LogP contribution in [0.25, 0.3) is 0 Å². The molecular weight excluding hydrogens is 605 g/mol. The molecule has 10 nitrogen and oxygen atoms in total. The maximum atomic E-state index is 13.2. The summed E-state index contributed by atoms with van der Waals surface area (Å²) in [4.78, 5) is 30.3. The van der Waals surface area contributed by atoms with E-state index in [0.29, 0.717) is 12.1 Å². The number of nitrogens with zero attached hydrogens (tertiary/aromatic N) is 3. The highest BCUT2D eigenvalue weighted by Gasteiger charge is 2.38. The summed E-state index contributed by atoms with van der Waals surface area (Å²) in [6.45, 7) is 0. The van der Waals surface area contributed by atoms with Gasteiger partial charge in [-0.3, -0.25) is 30.3 Å². The number of hydrogen-bond acceptors (Lipinski definition) is 7. The van der Waals surface area contributed by atoms with E-state index in [4.69, 9.17) is 0 Å². The van der Waals surface area contributed by atoms with Crippen molar-refractivity contribution in [3.8, 4) is 0 Å². The summed E-state index contributed by atoms with van der Waals surface area (Å²) in [6.07, 6.45) is -4.76. The van der Waals surface area contributed by atoms with Crippen LogP contribution in [-0.2, 0) is 6.18 Å². The van der Waals surface area contributed by atoms with E-state index in [-0.39, 0.29) is 10.2 Å². The number of rotatable bonds is 5. The Bertz CT molecular complexity index is 1030. The molecule has 154 valence electrons. The summed E-state index contributed by atoms with van der Waals surface area (Å²) in [6, 6.07) is 1.89. The van der Waals surface area contributed by atoms with Crippen molar-refractivity contribution in [1.82, 2.24) is 0 Å². The summed E-state index contributed by atoms with van der Waals surface area (Å²) in [5, 5.41) is 35.8. The lowest BCUT2D eigenvalue weighted by molar-refractivity contribution is -0.401. The SMILES string of the molecule is O=[N+]([O-])c1cc([N+](=O)[O-])c(Nc2cc(Br)c(C(F)(F)F)c(Br)c2Br)c([N+](=O)[O-])c1. The average Bonchev–Trinajstić information content (AvgIpc) is 2.57. The second-order valence-corrected chi connectivity index (χ2v) is 7.60. The van der Waals surface area contributed by atoms with Crippen molar-refractivity contribution in [1.29, 1.82) is 0 Å². The number of alkyl halides is 3. The summed E-state index contributed by atoms with van der Waals surface area (Å²) in [5.74, 6) is 0. The van der Waals surface area contributed by atoms with E-state index in [1.807, 2.05) is 0 Å². The lowest BCUT2D eigenvalue weighted by Gasteiger charge is -2.17. The van der Waals surface area contributed by atoms with Gasteiger partial charge >= 0.3 is 17.6 Å². The van der Waals surface area contributed by atoms with Crippen LogP contribution in [0.3, 0.4) is 0 Å². The molecular formula is C13H4Br3F3N4O6. The van der Waals surface area contributed by atoms with Gasteiger partial charge in [-0.15, -0.1) is 0 Å². The molecule has 0 atom stereocenters. The molecule has 0 aliphatic carbocycles. The molecule has 0 amide bonds. The summed E-state index contributed by atoms with van der Waals surface area (Å²) in [7, 11) is 0. The highest BCUT2D eigenvalue weighted by Crippen LogP contribution is 2.48. The molecule has 0 bridgehead atoms. The van der Waals surface area contributed by atoms with Crippen molar-refractivity contribution >= 4 is 76.2 Å². The fourth-order valence-electron chi connectivity index (χ4n) is 2.20. The first-order valence-corrected chi connectivity index (χ1v) is 9.26. The fraction of sp³-hybridized carbons (Fsp3) is 0.0769. The Labute approximate surface area is 182 Å². The molecule has 0 aliphatic rings. The minimum Gasteiger partial charge on any atom is -0.343 e. The first-order chi connectivity index (χ1) is 13.3. The second-order valence-electron chi connectivity index (χ2n) is 5.16. The van der Waals surface area contributed by atoms with E-state index < -0.39 is 58.2 Å². The van der Waals surface area contributed by atoms with Crippen molar-refractivity contribution in [3.05, 3.63) is 67.5 Å². The average molecular weight is 609 g/mol. The predicted molar refractivity (Wildman–Crippen MR) is 104 cm³/mol. The molecule has 0 aromatic heterocycles. The van der Waals surface area contributed by atoms with Crippen molar-refractivity contribution < 1.29 is 27.9 Å². The fourth-order valence-corrected chi connectivity index (χ4v) is 4.18. The van der Waals surface area contributed by atoms with E-state index in [0.717, 1.165) is 6.07 Å². The highest BCUT2D eigenvalue weighted by atomic mass is 79.9. The molecule has 2 rings (SSSR count). The van der Waals surface area contributed by atoms with Crippen LogP contribution in [0.5, 0.6) is 0 Å². The molecule has 0 radical (unpaired) electrons. The van der Waals surface area contributed by atoms with Crippen LogP contribution >= 0.6 is 47.8 Å². The number of nitro benzene ring substituents is 3. The highest BCUT2D eigenvalue weighted by molar-refractivity contribution is 9.13. The van der Waals surface area contributed by atoms with Gasteiger partial charge in [-0.05, 0) is 37.9 Å². The molecule has 2 aromatic carbocycles. The standard InChI is InChI=1S/C13H4Br3F3N4O6/c14-5-3-6(10(15)11(16)9(5)13(17,18)19)20-12-7(22(26)27)1-4(21(24)25)2-8(12)23(28)29/h1-3,20H. The number of hydrogen-bond donors (Lipinski definition) is 1. The van der Waals surface area contributed by atoms with Gasteiger partial charge in [0.05, 0.1) is 42.6 Å². The normalized spacial score (nSPS) is 11.2. The molecule has 16 heteroatoms. The molecule has 0 aliphatic heterocycles. The quantitative estimate of drug-likeness (QED) is 0.233. The molecule has 0 heterocycles. The third kappa shape index (κ3) is 4.64. The second kappa shape index (κ2) is 8.19. The van der Waals surface area contributed by atoms with Crippen molar-refractivity contribution in [2.75, 3.05) is 5.32 Å². The lowest BCUT2D eigenvalue weighted by atomic mass is 10.1. The van der Waals surface area contributed by atoms with Gasteiger partial charge in [-0.2, -0.15) is 13.2 Å². The molecule has 29 heavy (non-hydrogen) atoms.